The van der Waals surface area contributed by atoms with Gasteiger partial charge in [-0.1, -0.05) is 23.8 Å². The number of benzene rings is 2. The van der Waals surface area contributed by atoms with Crippen LogP contribution in [0.2, 0.25) is 0 Å². The number of ether oxygens (including phenoxy) is 2. The van der Waals surface area contributed by atoms with E-state index < -0.39 is 12.1 Å². The van der Waals surface area contributed by atoms with Crippen LogP contribution in [-0.2, 0) is 4.79 Å². The molecule has 6 heteroatoms. The molecule has 0 saturated heterocycles. The number of fused-ring (bicyclic) bond motifs is 1. The quantitative estimate of drug-likeness (QED) is 0.937. The summed E-state index contributed by atoms with van der Waals surface area (Å²) in [6, 6.07) is 12.2. The molecular weight excluding hydrogens is 310 g/mol. The van der Waals surface area contributed by atoms with E-state index in [1.165, 1.54) is 12.0 Å². The number of methoxy groups -OCH3 is 1. The van der Waals surface area contributed by atoms with Crippen LogP contribution < -0.4 is 14.4 Å². The van der Waals surface area contributed by atoms with Gasteiger partial charge in [-0.3, -0.25) is 4.79 Å². The van der Waals surface area contributed by atoms with Crippen molar-refractivity contribution in [2.24, 2.45) is 0 Å². The molecule has 1 heterocycles. The van der Waals surface area contributed by atoms with E-state index >= 15 is 0 Å². The lowest BCUT2D eigenvalue weighted by molar-refractivity contribution is -0.144. The summed E-state index contributed by atoms with van der Waals surface area (Å²) in [4.78, 5) is 25.8. The summed E-state index contributed by atoms with van der Waals surface area (Å²) in [6.07, 6.45) is -1.11. The highest BCUT2D eigenvalue weighted by molar-refractivity contribution is 6.09. The molecule has 3 rings (SSSR count). The minimum absolute atomic E-state index is 0.0672. The molecule has 0 fully saturated rings. The van der Waals surface area contributed by atoms with Crippen LogP contribution in [0.15, 0.2) is 42.5 Å². The van der Waals surface area contributed by atoms with E-state index in [0.717, 1.165) is 5.56 Å². The number of aliphatic carboxylic acids is 1. The zero-order chi connectivity index (χ0) is 17.3. The van der Waals surface area contributed by atoms with Gasteiger partial charge in [0.2, 0.25) is 6.10 Å². The van der Waals surface area contributed by atoms with E-state index in [1.807, 2.05) is 13.0 Å². The van der Waals surface area contributed by atoms with E-state index in [2.05, 4.69) is 0 Å². The largest absolute Gasteiger partial charge is 0.496 e. The zero-order valence-electron chi connectivity index (χ0n) is 13.4. The van der Waals surface area contributed by atoms with Crippen LogP contribution in [-0.4, -0.2) is 36.7 Å². The Morgan fingerprint density at radius 2 is 2.00 bits per heavy atom. The fourth-order valence-corrected chi connectivity index (χ4v) is 2.69. The monoisotopic (exact) mass is 327 g/mol. The normalized spacial score (nSPS) is 16.1. The maximum atomic E-state index is 13.1. The van der Waals surface area contributed by atoms with Crippen LogP contribution in [0, 0.1) is 6.92 Å². The predicted molar refractivity (Wildman–Crippen MR) is 87.9 cm³/mol. The molecule has 6 nitrogen and oxygen atoms in total. The van der Waals surface area contributed by atoms with E-state index in [4.69, 9.17) is 9.47 Å². The highest BCUT2D eigenvalue weighted by Crippen LogP contribution is 2.35. The van der Waals surface area contributed by atoms with Crippen LogP contribution in [0.5, 0.6) is 11.5 Å². The van der Waals surface area contributed by atoms with E-state index in [1.54, 1.807) is 36.4 Å². The molecular formula is C18H17NO5. The topological polar surface area (TPSA) is 76.1 Å². The molecule has 0 aromatic heterocycles. The zero-order valence-corrected chi connectivity index (χ0v) is 13.4. The van der Waals surface area contributed by atoms with Crippen LogP contribution >= 0.6 is 0 Å². The highest BCUT2D eigenvalue weighted by Gasteiger charge is 2.34. The Morgan fingerprint density at radius 1 is 1.25 bits per heavy atom. The van der Waals surface area contributed by atoms with Crippen molar-refractivity contribution in [2.45, 2.75) is 13.0 Å². The number of aryl methyl sites for hydroxylation is 1. The molecule has 1 N–H and O–H groups in total. The third-order valence-electron chi connectivity index (χ3n) is 3.88. The van der Waals surface area contributed by atoms with E-state index in [9.17, 15) is 14.7 Å². The Morgan fingerprint density at radius 3 is 2.71 bits per heavy atom. The van der Waals surface area contributed by atoms with Gasteiger partial charge in [0.25, 0.3) is 5.91 Å². The van der Waals surface area contributed by atoms with Gasteiger partial charge in [0.15, 0.2) is 0 Å². The van der Waals surface area contributed by atoms with Crippen LogP contribution in [0.3, 0.4) is 0 Å². The molecule has 0 aliphatic carbocycles. The lowest BCUT2D eigenvalue weighted by atomic mass is 10.1. The minimum Gasteiger partial charge on any atom is -0.496 e. The molecule has 0 radical (unpaired) electrons. The van der Waals surface area contributed by atoms with E-state index in [-0.39, 0.29) is 12.5 Å². The first-order valence-corrected chi connectivity index (χ1v) is 7.46. The maximum Gasteiger partial charge on any atom is 0.346 e. The number of para-hydroxylation sites is 2. The van der Waals surface area contributed by atoms with Crippen molar-refractivity contribution in [1.29, 1.82) is 0 Å². The van der Waals surface area contributed by atoms with Crippen molar-refractivity contribution in [3.63, 3.8) is 0 Å². The molecule has 1 aliphatic rings. The van der Waals surface area contributed by atoms with Gasteiger partial charge < -0.3 is 19.5 Å². The summed E-state index contributed by atoms with van der Waals surface area (Å²) in [7, 11) is 1.49. The van der Waals surface area contributed by atoms with Crippen molar-refractivity contribution < 1.29 is 24.2 Å². The fraction of sp³-hybridized carbons (Fsp3) is 0.222. The molecule has 1 amide bonds. The van der Waals surface area contributed by atoms with Gasteiger partial charge >= 0.3 is 5.97 Å². The molecule has 1 atom stereocenters. The van der Waals surface area contributed by atoms with Gasteiger partial charge in [-0.05, 0) is 31.2 Å². The van der Waals surface area contributed by atoms with Crippen molar-refractivity contribution in [3.05, 3.63) is 53.6 Å². The average molecular weight is 327 g/mol. The third kappa shape index (κ3) is 2.78. The summed E-state index contributed by atoms with van der Waals surface area (Å²) in [6.45, 7) is 1.81. The Balaban J connectivity index is 2.06. The van der Waals surface area contributed by atoms with Gasteiger partial charge in [0, 0.05) is 0 Å². The standard InChI is InChI=1S/C18H17NO5/c1-11-7-8-14(23-2)12(9-11)17(20)19-10-16(18(21)22)24-15-6-4-3-5-13(15)19/h3-9,16H,10H2,1-2H3,(H,21,22)/t16-/m1/s1. The number of rotatable bonds is 3. The van der Waals surface area contributed by atoms with Gasteiger partial charge in [-0.2, -0.15) is 0 Å². The SMILES string of the molecule is COc1ccc(C)cc1C(=O)N1C[C@H](C(=O)O)Oc2ccccc21. The maximum absolute atomic E-state index is 13.1. The summed E-state index contributed by atoms with van der Waals surface area (Å²) in [5, 5.41) is 9.29. The fourth-order valence-electron chi connectivity index (χ4n) is 2.69. The third-order valence-corrected chi connectivity index (χ3v) is 3.88. The molecule has 124 valence electrons. The molecule has 0 bridgehead atoms. The Kier molecular flexibility index (Phi) is 4.12. The lowest BCUT2D eigenvalue weighted by Crippen LogP contribution is -2.47. The van der Waals surface area contributed by atoms with E-state index in [0.29, 0.717) is 22.7 Å². The summed E-state index contributed by atoms with van der Waals surface area (Å²) < 4.78 is 10.7. The molecule has 2 aromatic rings. The van der Waals surface area contributed by atoms with Gasteiger partial charge in [-0.25, -0.2) is 4.79 Å². The predicted octanol–water partition coefficient (Wildman–Crippen LogP) is 2.50. The van der Waals surface area contributed by atoms with Crippen LogP contribution in [0.1, 0.15) is 15.9 Å². The van der Waals surface area contributed by atoms with Crippen molar-refractivity contribution >= 4 is 17.6 Å². The van der Waals surface area contributed by atoms with Crippen LogP contribution in [0.4, 0.5) is 5.69 Å². The van der Waals surface area contributed by atoms with Gasteiger partial charge in [0.05, 0.1) is 24.9 Å². The number of hydrogen-bond acceptors (Lipinski definition) is 4. The second-order valence-corrected chi connectivity index (χ2v) is 5.53. The Labute approximate surface area is 139 Å². The lowest BCUT2D eigenvalue weighted by Gasteiger charge is -2.33. The number of amides is 1. The Bertz CT molecular complexity index is 802. The molecule has 0 unspecified atom stereocenters. The molecule has 0 spiro atoms. The summed E-state index contributed by atoms with van der Waals surface area (Å²) in [5.74, 6) is -0.617. The number of carbonyl (C=O) groups is 2. The number of carbonyl (C=O) groups excluding carboxylic acids is 1. The molecule has 24 heavy (non-hydrogen) atoms. The second-order valence-electron chi connectivity index (χ2n) is 5.53. The number of hydrogen-bond donors (Lipinski definition) is 1. The van der Waals surface area contributed by atoms with Crippen molar-refractivity contribution in [2.75, 3.05) is 18.6 Å². The van der Waals surface area contributed by atoms with Crippen molar-refractivity contribution in [1.82, 2.24) is 0 Å². The second kappa shape index (κ2) is 6.23. The van der Waals surface area contributed by atoms with Crippen LogP contribution in [0.25, 0.3) is 0 Å². The number of carboxylic acids is 1. The van der Waals surface area contributed by atoms with Crippen molar-refractivity contribution in [3.8, 4) is 11.5 Å². The number of carboxylic acid groups (broad SMARTS) is 1. The number of nitrogens with zero attached hydrogens (tertiary/aromatic N) is 1. The summed E-state index contributed by atoms with van der Waals surface area (Å²) >= 11 is 0. The first-order chi connectivity index (χ1) is 11.5. The molecule has 2 aromatic carbocycles. The summed E-state index contributed by atoms with van der Waals surface area (Å²) in [5.41, 5.74) is 1.84. The first-order valence-electron chi connectivity index (χ1n) is 7.46. The van der Waals surface area contributed by atoms with Gasteiger partial charge in [0.1, 0.15) is 11.5 Å². The average Bonchev–Trinajstić information content (AvgIpc) is 2.60. The highest BCUT2D eigenvalue weighted by atomic mass is 16.5. The molecule has 1 aliphatic heterocycles. The number of anilines is 1. The minimum atomic E-state index is -1.11. The smallest absolute Gasteiger partial charge is 0.346 e. The molecule has 0 saturated carbocycles. The Hall–Kier alpha value is -3.02. The first kappa shape index (κ1) is 15.9. The van der Waals surface area contributed by atoms with Gasteiger partial charge in [-0.15, -0.1) is 0 Å².